The molecule has 1 aromatic heterocycles. The Kier molecular flexibility index (Phi) is 8.74. The van der Waals surface area contributed by atoms with E-state index in [0.29, 0.717) is 27.1 Å². The van der Waals surface area contributed by atoms with Gasteiger partial charge < -0.3 is 10.5 Å². The molecule has 0 aliphatic rings. The van der Waals surface area contributed by atoms with Gasteiger partial charge >= 0.3 is 12.3 Å². The zero-order valence-electron chi connectivity index (χ0n) is 23.0. The molecule has 1 atom stereocenters. The van der Waals surface area contributed by atoms with Gasteiger partial charge in [-0.15, -0.1) is 13.2 Å². The summed E-state index contributed by atoms with van der Waals surface area (Å²) in [6.07, 6.45) is -2.21. The number of carbonyl (C=O) groups excluding carboxylic acids is 1. The topological polar surface area (TPSA) is 116 Å². The molecule has 0 radical (unpaired) electrons. The molecule has 0 spiro atoms. The highest BCUT2D eigenvalue weighted by Crippen LogP contribution is 2.39. The van der Waals surface area contributed by atoms with Crippen molar-refractivity contribution in [2.75, 3.05) is 11.3 Å². The van der Waals surface area contributed by atoms with Crippen molar-refractivity contribution in [3.63, 3.8) is 0 Å². The number of aryl methyl sites for hydroxylation is 1. The van der Waals surface area contributed by atoms with Crippen molar-refractivity contribution < 1.29 is 35.7 Å². The second-order valence-corrected chi connectivity index (χ2v) is 10.8. The highest BCUT2D eigenvalue weighted by atomic mass is 32.2. The van der Waals surface area contributed by atoms with Crippen LogP contribution in [0.4, 0.5) is 27.6 Å². The summed E-state index contributed by atoms with van der Waals surface area (Å²) in [5.74, 6) is 0.894. The van der Waals surface area contributed by atoms with E-state index < -0.39 is 40.3 Å². The maximum absolute atomic E-state index is 14.6. The first-order chi connectivity index (χ1) is 20.1. The number of Topliss-reactive ketones (excluding diaryl/α,β-unsaturated/α-hetero) is 1. The van der Waals surface area contributed by atoms with Crippen molar-refractivity contribution in [2.45, 2.75) is 24.1 Å². The molecule has 0 aliphatic carbocycles. The van der Waals surface area contributed by atoms with Gasteiger partial charge in [-0.05, 0) is 59.7 Å². The molecule has 43 heavy (non-hydrogen) atoms. The second kappa shape index (κ2) is 12.0. The third kappa shape index (κ3) is 6.75. The number of ketones is 1. The molecular formula is C29H26F5N5O3S. The normalized spacial score (nSPS) is 13.1. The zero-order chi connectivity index (χ0) is 31.7. The van der Waals surface area contributed by atoms with Gasteiger partial charge in [-0.2, -0.15) is 13.9 Å². The van der Waals surface area contributed by atoms with Crippen LogP contribution in [0.2, 0.25) is 0 Å². The van der Waals surface area contributed by atoms with Crippen molar-refractivity contribution in [3.8, 4) is 28.1 Å². The van der Waals surface area contributed by atoms with Crippen LogP contribution >= 0.6 is 0 Å². The van der Waals surface area contributed by atoms with E-state index in [1.807, 2.05) is 0 Å². The minimum absolute atomic E-state index is 0.150. The average molecular weight is 620 g/mol. The minimum atomic E-state index is -4.88. The summed E-state index contributed by atoms with van der Waals surface area (Å²) in [6, 6.07) is 17.8. The van der Waals surface area contributed by atoms with E-state index in [4.69, 9.17) is 11.6 Å². The number of hydrogen-bond donors (Lipinski definition) is 2. The molecule has 4 rings (SSSR count). The number of nitrogens with two attached hydrogens (primary N) is 2. The molecule has 1 heterocycles. The molecule has 8 nitrogen and oxygen atoms in total. The molecule has 0 saturated heterocycles. The fourth-order valence-corrected chi connectivity index (χ4v) is 4.87. The van der Waals surface area contributed by atoms with Crippen LogP contribution < -0.4 is 21.3 Å². The number of anilines is 1. The Morgan fingerprint density at radius 2 is 1.65 bits per heavy atom. The van der Waals surface area contributed by atoms with Crippen LogP contribution in [0.15, 0.2) is 83.9 Å². The number of carbonyl (C=O) groups is 1. The monoisotopic (exact) mass is 619 g/mol. The maximum Gasteiger partial charge on any atom is 0.573 e. The molecule has 226 valence electrons. The Balaban J connectivity index is 1.87. The average Bonchev–Trinajstić information content (AvgIpc) is 3.35. The van der Waals surface area contributed by atoms with Crippen molar-refractivity contribution in [2.24, 2.45) is 18.6 Å². The lowest BCUT2D eigenvalue weighted by Gasteiger charge is -2.25. The fourth-order valence-electron chi connectivity index (χ4n) is 4.31. The first kappa shape index (κ1) is 31.4. The van der Waals surface area contributed by atoms with Gasteiger partial charge in [0.1, 0.15) is 11.4 Å². The van der Waals surface area contributed by atoms with E-state index in [0.717, 1.165) is 36.3 Å². The number of halogens is 5. The number of nitrogens with zero attached hydrogens (tertiary/aromatic N) is 3. The van der Waals surface area contributed by atoms with Crippen LogP contribution in [0.25, 0.3) is 28.1 Å². The standard InChI is InChI=1S/C29H26F5N5O3S/c1-17(40)28(30,31)27-15-24(38(2)37-27)23-12-9-20(19-5-4-6-22(13-19)43(3)41)14-25(23)39(36)26(16-35)18-7-10-21(11-8-18)42-29(32,33)34/h4-16H,35-36H2,1-3H3/b26-16-. The summed E-state index contributed by atoms with van der Waals surface area (Å²) in [4.78, 5) is 12.2. The van der Waals surface area contributed by atoms with E-state index >= 15 is 0 Å². The minimum Gasteiger partial charge on any atom is -0.406 e. The third-order valence-electron chi connectivity index (χ3n) is 6.48. The molecule has 4 N–H and O–H groups in total. The predicted octanol–water partition coefficient (Wildman–Crippen LogP) is 5.71. The predicted molar refractivity (Wildman–Crippen MR) is 153 cm³/mol. The molecule has 1 unspecified atom stereocenters. The molecular weight excluding hydrogens is 593 g/mol. The summed E-state index contributed by atoms with van der Waals surface area (Å²) in [7, 11) is 0.155. The van der Waals surface area contributed by atoms with Gasteiger partial charge in [-0.3, -0.25) is 18.7 Å². The number of hydrazine groups is 1. The first-order valence-corrected chi connectivity index (χ1v) is 14.0. The molecule has 3 aromatic carbocycles. The van der Waals surface area contributed by atoms with Gasteiger partial charge in [0.2, 0.25) is 5.78 Å². The smallest absolute Gasteiger partial charge is 0.406 e. The van der Waals surface area contributed by atoms with E-state index in [-0.39, 0.29) is 17.1 Å². The van der Waals surface area contributed by atoms with Gasteiger partial charge in [0.25, 0.3) is 0 Å². The lowest BCUT2D eigenvalue weighted by Crippen LogP contribution is -2.30. The van der Waals surface area contributed by atoms with E-state index in [1.165, 1.54) is 30.1 Å². The number of hydrogen-bond acceptors (Lipinski definition) is 7. The summed E-state index contributed by atoms with van der Waals surface area (Å²) in [5.41, 5.74) is 7.65. The first-order valence-electron chi connectivity index (χ1n) is 12.5. The van der Waals surface area contributed by atoms with E-state index in [9.17, 15) is 31.0 Å². The number of rotatable bonds is 9. The zero-order valence-corrected chi connectivity index (χ0v) is 23.8. The Bertz CT molecular complexity index is 1720. The number of aromatic nitrogens is 2. The Labute approximate surface area is 245 Å². The van der Waals surface area contributed by atoms with E-state index in [1.54, 1.807) is 42.5 Å². The summed E-state index contributed by atoms with van der Waals surface area (Å²) in [6.45, 7) is 0.761. The van der Waals surface area contributed by atoms with Gasteiger partial charge in [-0.1, -0.05) is 24.3 Å². The van der Waals surface area contributed by atoms with Crippen LogP contribution in [0.5, 0.6) is 5.75 Å². The fraction of sp³-hybridized carbons (Fsp3) is 0.172. The van der Waals surface area contributed by atoms with Crippen molar-refractivity contribution >= 4 is 28.0 Å². The highest BCUT2D eigenvalue weighted by Gasteiger charge is 2.41. The lowest BCUT2D eigenvalue weighted by molar-refractivity contribution is -0.274. The molecule has 0 fully saturated rings. The third-order valence-corrected chi connectivity index (χ3v) is 7.40. The summed E-state index contributed by atoms with van der Waals surface area (Å²) >= 11 is 0. The van der Waals surface area contributed by atoms with Crippen molar-refractivity contribution in [1.29, 1.82) is 0 Å². The van der Waals surface area contributed by atoms with Crippen LogP contribution in [0, 0.1) is 0 Å². The van der Waals surface area contributed by atoms with Crippen molar-refractivity contribution in [1.82, 2.24) is 9.78 Å². The molecule has 0 aliphatic heterocycles. The van der Waals surface area contributed by atoms with Gasteiger partial charge in [0.05, 0.1) is 17.1 Å². The molecule has 4 aromatic rings. The maximum atomic E-state index is 14.6. The molecule has 0 amide bonds. The van der Waals surface area contributed by atoms with E-state index in [2.05, 4.69) is 9.84 Å². The van der Waals surface area contributed by atoms with Gasteiger partial charge in [0, 0.05) is 53.2 Å². The van der Waals surface area contributed by atoms with Crippen LogP contribution in [-0.2, 0) is 28.6 Å². The van der Waals surface area contributed by atoms with Crippen molar-refractivity contribution in [3.05, 3.63) is 90.3 Å². The number of ether oxygens (including phenoxy) is 1. The molecule has 0 saturated carbocycles. The Hall–Kier alpha value is -4.56. The van der Waals surface area contributed by atoms with Crippen LogP contribution in [0.3, 0.4) is 0 Å². The van der Waals surface area contributed by atoms with Crippen LogP contribution in [-0.4, -0.2) is 32.4 Å². The lowest BCUT2D eigenvalue weighted by atomic mass is 9.99. The quantitative estimate of drug-likeness (QED) is 0.140. The number of alkyl halides is 5. The molecule has 14 heteroatoms. The Morgan fingerprint density at radius 1 is 1.00 bits per heavy atom. The second-order valence-electron chi connectivity index (χ2n) is 9.38. The van der Waals surface area contributed by atoms with Gasteiger partial charge in [0.15, 0.2) is 0 Å². The molecule has 0 bridgehead atoms. The largest absolute Gasteiger partial charge is 0.573 e. The SMILES string of the molecule is CC(=O)C(F)(F)c1cc(-c2ccc(-c3cccc(S(C)=O)c3)cc2N(N)/C(=C\N)c2ccc(OC(F)(F)F)cc2)n(C)n1. The highest BCUT2D eigenvalue weighted by molar-refractivity contribution is 7.84. The van der Waals surface area contributed by atoms with Crippen LogP contribution in [0.1, 0.15) is 18.2 Å². The van der Waals surface area contributed by atoms with Gasteiger partial charge in [-0.25, -0.2) is 5.84 Å². The summed E-state index contributed by atoms with van der Waals surface area (Å²) in [5, 5.41) is 5.01. The Morgan fingerprint density at radius 3 is 2.23 bits per heavy atom. The summed E-state index contributed by atoms with van der Waals surface area (Å²) < 4.78 is 84.3. The number of benzene rings is 3.